The van der Waals surface area contributed by atoms with Crippen LogP contribution in [0.5, 0.6) is 0 Å². The molecule has 140 valence electrons. The number of fused-ring (bicyclic) bond motifs is 2. The summed E-state index contributed by atoms with van der Waals surface area (Å²) in [4.78, 5) is 9.54. The Labute approximate surface area is 178 Å². The van der Waals surface area contributed by atoms with Crippen LogP contribution >= 0.6 is 23.2 Å². The third kappa shape index (κ3) is 3.39. The number of para-hydroxylation sites is 1. The fourth-order valence-corrected chi connectivity index (χ4v) is 3.92. The lowest BCUT2D eigenvalue weighted by Gasteiger charge is -2.13. The largest absolute Gasteiger partial charge is 0.339 e. The molecule has 0 fully saturated rings. The maximum absolute atomic E-state index is 6.42. The van der Waals surface area contributed by atoms with E-state index in [1.165, 1.54) is 0 Å². The smallest absolute Gasteiger partial charge is 0.163 e. The van der Waals surface area contributed by atoms with E-state index in [9.17, 15) is 0 Å². The van der Waals surface area contributed by atoms with Crippen LogP contribution in [0.15, 0.2) is 84.9 Å². The number of hydrogen-bond donors (Lipinski definition) is 1. The van der Waals surface area contributed by atoms with Crippen LogP contribution in [0.4, 0.5) is 11.5 Å². The van der Waals surface area contributed by atoms with Crippen molar-refractivity contribution in [1.82, 2.24) is 9.97 Å². The van der Waals surface area contributed by atoms with Gasteiger partial charge in [-0.15, -0.1) is 0 Å². The van der Waals surface area contributed by atoms with E-state index in [2.05, 4.69) is 23.5 Å². The maximum Gasteiger partial charge on any atom is 0.163 e. The second kappa shape index (κ2) is 7.36. The van der Waals surface area contributed by atoms with Crippen LogP contribution in [0, 0.1) is 0 Å². The Morgan fingerprint density at radius 1 is 0.690 bits per heavy atom. The number of nitrogens with one attached hydrogen (secondary N) is 1. The third-order valence-corrected chi connectivity index (χ3v) is 5.37. The Hall–Kier alpha value is -3.14. The second-order valence-electron chi connectivity index (χ2n) is 6.69. The molecule has 0 saturated heterocycles. The van der Waals surface area contributed by atoms with Gasteiger partial charge in [-0.2, -0.15) is 0 Å². The summed E-state index contributed by atoms with van der Waals surface area (Å²) in [7, 11) is 0. The number of nitrogens with zero attached hydrogens (tertiary/aromatic N) is 2. The second-order valence-corrected chi connectivity index (χ2v) is 7.53. The molecule has 0 amide bonds. The van der Waals surface area contributed by atoms with E-state index in [4.69, 9.17) is 33.2 Å². The highest BCUT2D eigenvalue weighted by Crippen LogP contribution is 2.33. The first-order valence-corrected chi connectivity index (χ1v) is 9.92. The predicted molar refractivity (Wildman–Crippen MR) is 122 cm³/mol. The maximum atomic E-state index is 6.42. The quantitative estimate of drug-likeness (QED) is 0.331. The van der Waals surface area contributed by atoms with Crippen molar-refractivity contribution in [3.8, 4) is 11.4 Å². The highest BCUT2D eigenvalue weighted by atomic mass is 35.5. The van der Waals surface area contributed by atoms with Gasteiger partial charge in [0.1, 0.15) is 5.82 Å². The van der Waals surface area contributed by atoms with E-state index < -0.39 is 0 Å². The van der Waals surface area contributed by atoms with Crippen molar-refractivity contribution in [2.75, 3.05) is 5.32 Å². The Kier molecular flexibility index (Phi) is 4.55. The first kappa shape index (κ1) is 17.9. The van der Waals surface area contributed by atoms with Gasteiger partial charge in [0.15, 0.2) is 5.82 Å². The summed E-state index contributed by atoms with van der Waals surface area (Å²) in [6.07, 6.45) is 0. The highest BCUT2D eigenvalue weighted by molar-refractivity contribution is 6.36. The van der Waals surface area contributed by atoms with Crippen molar-refractivity contribution >= 4 is 56.4 Å². The number of benzene rings is 4. The molecule has 4 aromatic carbocycles. The SMILES string of the molecule is Clc1ccc(-c2nc(Nc3cccc4ccccc34)c3ccccc3n2)c(Cl)c1. The van der Waals surface area contributed by atoms with Crippen molar-refractivity contribution in [3.05, 3.63) is 95.0 Å². The Morgan fingerprint density at radius 3 is 2.31 bits per heavy atom. The van der Waals surface area contributed by atoms with Gasteiger partial charge in [-0.25, -0.2) is 9.97 Å². The van der Waals surface area contributed by atoms with Crippen molar-refractivity contribution in [2.24, 2.45) is 0 Å². The number of aromatic nitrogens is 2. The Bertz CT molecular complexity index is 1360. The average molecular weight is 416 g/mol. The van der Waals surface area contributed by atoms with Gasteiger partial charge >= 0.3 is 0 Å². The minimum absolute atomic E-state index is 0.517. The molecule has 0 saturated carbocycles. The monoisotopic (exact) mass is 415 g/mol. The van der Waals surface area contributed by atoms with Crippen LogP contribution in [-0.2, 0) is 0 Å². The molecule has 0 aliphatic carbocycles. The summed E-state index contributed by atoms with van der Waals surface area (Å²) in [5, 5.41) is 7.84. The first-order valence-electron chi connectivity index (χ1n) is 9.16. The van der Waals surface area contributed by atoms with Crippen LogP contribution in [0.2, 0.25) is 10.0 Å². The zero-order valence-electron chi connectivity index (χ0n) is 15.2. The molecule has 1 heterocycles. The van der Waals surface area contributed by atoms with E-state index >= 15 is 0 Å². The molecule has 1 N–H and O–H groups in total. The molecule has 5 rings (SSSR count). The summed E-state index contributed by atoms with van der Waals surface area (Å²) in [6.45, 7) is 0. The lowest BCUT2D eigenvalue weighted by atomic mass is 10.1. The van der Waals surface area contributed by atoms with Crippen LogP contribution in [0.1, 0.15) is 0 Å². The van der Waals surface area contributed by atoms with Gasteiger partial charge in [-0.05, 0) is 41.8 Å². The molecular formula is C24H15Cl2N3. The van der Waals surface area contributed by atoms with Gasteiger partial charge in [0.2, 0.25) is 0 Å². The summed E-state index contributed by atoms with van der Waals surface area (Å²) in [6, 6.07) is 27.7. The van der Waals surface area contributed by atoms with Gasteiger partial charge in [0.05, 0.1) is 10.5 Å². The van der Waals surface area contributed by atoms with Gasteiger partial charge < -0.3 is 5.32 Å². The zero-order valence-corrected chi connectivity index (χ0v) is 16.7. The number of hydrogen-bond acceptors (Lipinski definition) is 3. The molecule has 3 nitrogen and oxygen atoms in total. The highest BCUT2D eigenvalue weighted by Gasteiger charge is 2.13. The zero-order chi connectivity index (χ0) is 19.8. The van der Waals surface area contributed by atoms with Crippen LogP contribution in [0.3, 0.4) is 0 Å². The molecule has 29 heavy (non-hydrogen) atoms. The number of halogens is 2. The lowest BCUT2D eigenvalue weighted by molar-refractivity contribution is 1.22. The number of rotatable bonds is 3. The van der Waals surface area contributed by atoms with Crippen molar-refractivity contribution in [2.45, 2.75) is 0 Å². The minimum atomic E-state index is 0.517. The predicted octanol–water partition coefficient (Wildman–Crippen LogP) is 7.50. The molecule has 0 aliphatic heterocycles. The van der Waals surface area contributed by atoms with E-state index in [1.807, 2.05) is 54.6 Å². The summed E-state index contributed by atoms with van der Waals surface area (Å²) >= 11 is 12.5. The van der Waals surface area contributed by atoms with E-state index in [0.29, 0.717) is 15.9 Å². The third-order valence-electron chi connectivity index (χ3n) is 4.82. The average Bonchev–Trinajstić information content (AvgIpc) is 2.74. The molecule has 1 aromatic heterocycles. The fraction of sp³-hybridized carbons (Fsp3) is 0. The summed E-state index contributed by atoms with van der Waals surface area (Å²) < 4.78 is 0. The molecule has 0 bridgehead atoms. The molecule has 5 aromatic rings. The van der Waals surface area contributed by atoms with Gasteiger partial charge in [-0.3, -0.25) is 0 Å². The topological polar surface area (TPSA) is 37.8 Å². The van der Waals surface area contributed by atoms with E-state index in [0.717, 1.165) is 38.7 Å². The van der Waals surface area contributed by atoms with Crippen LogP contribution in [0.25, 0.3) is 33.1 Å². The summed E-state index contributed by atoms with van der Waals surface area (Å²) in [5.41, 5.74) is 2.56. The van der Waals surface area contributed by atoms with Crippen LogP contribution in [-0.4, -0.2) is 9.97 Å². The molecule has 0 radical (unpaired) electrons. The number of anilines is 2. The molecule has 5 heteroatoms. The molecule has 0 spiro atoms. The minimum Gasteiger partial charge on any atom is -0.339 e. The summed E-state index contributed by atoms with van der Waals surface area (Å²) in [5.74, 6) is 1.28. The van der Waals surface area contributed by atoms with Crippen molar-refractivity contribution in [3.63, 3.8) is 0 Å². The normalized spacial score (nSPS) is 11.1. The molecule has 0 unspecified atom stereocenters. The van der Waals surface area contributed by atoms with Crippen molar-refractivity contribution < 1.29 is 0 Å². The van der Waals surface area contributed by atoms with E-state index in [-0.39, 0.29) is 0 Å². The van der Waals surface area contributed by atoms with Crippen LogP contribution < -0.4 is 5.32 Å². The van der Waals surface area contributed by atoms with Gasteiger partial charge in [-0.1, -0.05) is 71.7 Å². The molecule has 0 atom stereocenters. The van der Waals surface area contributed by atoms with Gasteiger partial charge in [0.25, 0.3) is 0 Å². The standard InChI is InChI=1S/C24H15Cl2N3/c25-16-12-13-18(20(26)14-16)23-28-22-10-4-3-9-19(22)24(29-23)27-21-11-5-7-15-6-1-2-8-17(15)21/h1-14H,(H,27,28,29). The molecular weight excluding hydrogens is 401 g/mol. The van der Waals surface area contributed by atoms with E-state index in [1.54, 1.807) is 12.1 Å². The fourth-order valence-electron chi connectivity index (χ4n) is 3.43. The van der Waals surface area contributed by atoms with Crippen molar-refractivity contribution in [1.29, 1.82) is 0 Å². The molecule has 0 aliphatic rings. The first-order chi connectivity index (χ1) is 14.2. The lowest BCUT2D eigenvalue weighted by Crippen LogP contribution is -2.00. The van der Waals surface area contributed by atoms with Gasteiger partial charge in [0, 0.05) is 27.0 Å². The Morgan fingerprint density at radius 2 is 1.45 bits per heavy atom. The Balaban J connectivity index is 1.70.